The molecule has 0 spiro atoms. The first-order valence-corrected chi connectivity index (χ1v) is 6.58. The zero-order valence-electron chi connectivity index (χ0n) is 11.5. The van der Waals surface area contributed by atoms with Gasteiger partial charge in [0, 0.05) is 18.2 Å². The summed E-state index contributed by atoms with van der Waals surface area (Å²) in [5.74, 6) is -2.10. The minimum Gasteiger partial charge on any atom is -0.435 e. The molecule has 1 N–H and O–H groups in total. The first-order chi connectivity index (χ1) is 10.1. The number of aromatic nitrogens is 1. The summed E-state index contributed by atoms with van der Waals surface area (Å²) >= 11 is 0. The molecule has 0 radical (unpaired) electrons. The topological polar surface area (TPSA) is 34.2 Å². The molecule has 0 aliphatic carbocycles. The number of benzene rings is 1. The fourth-order valence-electron chi connectivity index (χ4n) is 1.75. The molecule has 1 heterocycles. The maximum Gasteiger partial charge on any atom is 0.224 e. The van der Waals surface area contributed by atoms with Crippen LogP contribution in [0.15, 0.2) is 30.5 Å². The fourth-order valence-corrected chi connectivity index (χ4v) is 1.75. The SMILES string of the molecule is CCCNCc1cc(F)cnc1Oc1cc(F)ccc1F. The van der Waals surface area contributed by atoms with Crippen LogP contribution in [-0.4, -0.2) is 11.5 Å². The highest BCUT2D eigenvalue weighted by Gasteiger charge is 2.12. The lowest BCUT2D eigenvalue weighted by atomic mass is 10.2. The summed E-state index contributed by atoms with van der Waals surface area (Å²) in [6, 6.07) is 4.12. The number of nitrogens with one attached hydrogen (secondary N) is 1. The third kappa shape index (κ3) is 4.19. The summed E-state index contributed by atoms with van der Waals surface area (Å²) in [5, 5.41) is 3.08. The molecular formula is C15H15F3N2O. The van der Waals surface area contributed by atoms with Crippen molar-refractivity contribution in [2.45, 2.75) is 19.9 Å². The van der Waals surface area contributed by atoms with E-state index >= 15 is 0 Å². The number of nitrogens with zero attached hydrogens (tertiary/aromatic N) is 1. The smallest absolute Gasteiger partial charge is 0.224 e. The summed E-state index contributed by atoms with van der Waals surface area (Å²) in [7, 11) is 0. The molecule has 0 unspecified atom stereocenters. The minimum atomic E-state index is -0.713. The van der Waals surface area contributed by atoms with Gasteiger partial charge >= 0.3 is 0 Å². The van der Waals surface area contributed by atoms with Crippen molar-refractivity contribution in [1.29, 1.82) is 0 Å². The van der Waals surface area contributed by atoms with E-state index in [2.05, 4.69) is 10.3 Å². The van der Waals surface area contributed by atoms with Gasteiger partial charge in [-0.2, -0.15) is 0 Å². The van der Waals surface area contributed by atoms with Crippen LogP contribution in [0, 0.1) is 17.5 Å². The van der Waals surface area contributed by atoms with Crippen molar-refractivity contribution in [2.75, 3.05) is 6.54 Å². The second-order valence-electron chi connectivity index (χ2n) is 4.47. The third-order valence-electron chi connectivity index (χ3n) is 2.73. The molecule has 0 saturated carbocycles. The summed E-state index contributed by atoms with van der Waals surface area (Å²) in [6.45, 7) is 3.06. The Morgan fingerprint density at radius 1 is 1.14 bits per heavy atom. The molecule has 1 aromatic heterocycles. The highest BCUT2D eigenvalue weighted by molar-refractivity contribution is 5.33. The van der Waals surface area contributed by atoms with Gasteiger partial charge in [-0.1, -0.05) is 6.92 Å². The minimum absolute atomic E-state index is 0.0458. The number of pyridine rings is 1. The highest BCUT2D eigenvalue weighted by atomic mass is 19.1. The Bertz CT molecular complexity index is 620. The van der Waals surface area contributed by atoms with Gasteiger partial charge in [-0.3, -0.25) is 0 Å². The first-order valence-electron chi connectivity index (χ1n) is 6.58. The molecule has 1 aromatic carbocycles. The maximum absolute atomic E-state index is 13.6. The largest absolute Gasteiger partial charge is 0.435 e. The Morgan fingerprint density at radius 3 is 2.71 bits per heavy atom. The van der Waals surface area contributed by atoms with E-state index in [1.54, 1.807) is 0 Å². The Hall–Kier alpha value is -2.08. The van der Waals surface area contributed by atoms with Crippen LogP contribution in [-0.2, 0) is 6.54 Å². The number of ether oxygens (including phenoxy) is 1. The van der Waals surface area contributed by atoms with Gasteiger partial charge in [0.05, 0.1) is 6.20 Å². The first kappa shape index (κ1) is 15.3. The van der Waals surface area contributed by atoms with E-state index in [0.29, 0.717) is 12.1 Å². The van der Waals surface area contributed by atoms with Gasteiger partial charge in [-0.15, -0.1) is 0 Å². The molecule has 0 aliphatic rings. The van der Waals surface area contributed by atoms with Crippen LogP contribution < -0.4 is 10.1 Å². The van der Waals surface area contributed by atoms with Crippen molar-refractivity contribution in [3.05, 3.63) is 53.5 Å². The molecule has 0 saturated heterocycles. The van der Waals surface area contributed by atoms with Crippen molar-refractivity contribution >= 4 is 0 Å². The van der Waals surface area contributed by atoms with Gasteiger partial charge in [0.25, 0.3) is 0 Å². The van der Waals surface area contributed by atoms with Crippen molar-refractivity contribution in [1.82, 2.24) is 10.3 Å². The molecule has 2 aromatic rings. The highest BCUT2D eigenvalue weighted by Crippen LogP contribution is 2.26. The maximum atomic E-state index is 13.6. The standard InChI is InChI=1S/C15H15F3N2O/c1-2-5-19-8-10-6-12(17)9-20-15(10)21-14-7-11(16)3-4-13(14)18/h3-4,6-7,9,19H,2,5,8H2,1H3. The molecule has 0 amide bonds. The fraction of sp³-hybridized carbons (Fsp3) is 0.267. The monoisotopic (exact) mass is 296 g/mol. The molecule has 0 aliphatic heterocycles. The molecule has 0 fully saturated rings. The summed E-state index contributed by atoms with van der Waals surface area (Å²) in [4.78, 5) is 3.80. The average molecular weight is 296 g/mol. The van der Waals surface area contributed by atoms with Crippen molar-refractivity contribution < 1.29 is 17.9 Å². The number of hydrogen-bond acceptors (Lipinski definition) is 3. The van der Waals surface area contributed by atoms with E-state index in [-0.39, 0.29) is 11.6 Å². The summed E-state index contributed by atoms with van der Waals surface area (Å²) in [5.41, 5.74) is 0.437. The molecule has 2 rings (SSSR count). The molecule has 0 atom stereocenters. The van der Waals surface area contributed by atoms with Crippen LogP contribution in [0.1, 0.15) is 18.9 Å². The average Bonchev–Trinajstić information content (AvgIpc) is 2.46. The zero-order valence-corrected chi connectivity index (χ0v) is 11.5. The zero-order chi connectivity index (χ0) is 15.2. The van der Waals surface area contributed by atoms with Gasteiger partial charge in [-0.05, 0) is 31.2 Å². The molecule has 0 bridgehead atoms. The second kappa shape index (κ2) is 7.08. The van der Waals surface area contributed by atoms with Crippen LogP contribution in [0.2, 0.25) is 0 Å². The quantitative estimate of drug-likeness (QED) is 0.824. The Kier molecular flexibility index (Phi) is 5.16. The molecular weight excluding hydrogens is 281 g/mol. The lowest BCUT2D eigenvalue weighted by molar-refractivity contribution is 0.413. The summed E-state index contributed by atoms with van der Waals surface area (Å²) < 4.78 is 45.2. The van der Waals surface area contributed by atoms with E-state index in [1.807, 2.05) is 6.92 Å². The van der Waals surface area contributed by atoms with Crippen LogP contribution in [0.4, 0.5) is 13.2 Å². The lowest BCUT2D eigenvalue weighted by Gasteiger charge is -2.11. The van der Waals surface area contributed by atoms with E-state index < -0.39 is 17.5 Å². The molecule has 6 heteroatoms. The van der Waals surface area contributed by atoms with E-state index in [1.165, 1.54) is 6.07 Å². The van der Waals surface area contributed by atoms with E-state index in [9.17, 15) is 13.2 Å². The second-order valence-corrected chi connectivity index (χ2v) is 4.47. The molecule has 21 heavy (non-hydrogen) atoms. The van der Waals surface area contributed by atoms with Crippen LogP contribution in [0.25, 0.3) is 0 Å². The summed E-state index contributed by atoms with van der Waals surface area (Å²) in [6.07, 6.45) is 1.88. The van der Waals surface area contributed by atoms with Crippen LogP contribution >= 0.6 is 0 Å². The van der Waals surface area contributed by atoms with Gasteiger partial charge in [0.2, 0.25) is 5.88 Å². The van der Waals surface area contributed by atoms with Gasteiger partial charge in [0.15, 0.2) is 11.6 Å². The third-order valence-corrected chi connectivity index (χ3v) is 2.73. The predicted octanol–water partition coefficient (Wildman–Crippen LogP) is 3.79. The Morgan fingerprint density at radius 2 is 1.95 bits per heavy atom. The molecule has 112 valence electrons. The number of hydrogen-bond donors (Lipinski definition) is 1. The van der Waals surface area contributed by atoms with E-state index in [4.69, 9.17) is 4.74 Å². The number of rotatable bonds is 6. The predicted molar refractivity (Wildman–Crippen MR) is 72.6 cm³/mol. The van der Waals surface area contributed by atoms with Crippen molar-refractivity contribution in [3.63, 3.8) is 0 Å². The normalized spacial score (nSPS) is 10.7. The van der Waals surface area contributed by atoms with Gasteiger partial charge < -0.3 is 10.1 Å². The Balaban J connectivity index is 2.24. The molecule has 3 nitrogen and oxygen atoms in total. The number of halogens is 3. The van der Waals surface area contributed by atoms with Gasteiger partial charge in [-0.25, -0.2) is 18.2 Å². The van der Waals surface area contributed by atoms with Crippen LogP contribution in [0.3, 0.4) is 0 Å². The lowest BCUT2D eigenvalue weighted by Crippen LogP contribution is -2.15. The van der Waals surface area contributed by atoms with Crippen molar-refractivity contribution in [2.24, 2.45) is 0 Å². The van der Waals surface area contributed by atoms with Crippen LogP contribution in [0.5, 0.6) is 11.6 Å². The van der Waals surface area contributed by atoms with Crippen molar-refractivity contribution in [3.8, 4) is 11.6 Å². The Labute approximate surface area is 120 Å². The van der Waals surface area contributed by atoms with E-state index in [0.717, 1.165) is 37.4 Å². The van der Waals surface area contributed by atoms with Gasteiger partial charge in [0.1, 0.15) is 11.6 Å².